The highest BCUT2D eigenvalue weighted by molar-refractivity contribution is 5.70. The highest BCUT2D eigenvalue weighted by Crippen LogP contribution is 2.34. The van der Waals surface area contributed by atoms with Crippen LogP contribution < -0.4 is 15.8 Å². The van der Waals surface area contributed by atoms with Crippen molar-refractivity contribution in [2.24, 2.45) is 0 Å². The monoisotopic (exact) mass is 282 g/mol. The van der Waals surface area contributed by atoms with E-state index in [-0.39, 0.29) is 22.7 Å². The van der Waals surface area contributed by atoms with Gasteiger partial charge in [-0.2, -0.15) is 0 Å². The predicted molar refractivity (Wildman–Crippen MR) is 72.0 cm³/mol. The number of nitrogens with one attached hydrogen (secondary N) is 1. The van der Waals surface area contributed by atoms with Gasteiger partial charge >= 0.3 is 0 Å². The van der Waals surface area contributed by atoms with Crippen molar-refractivity contribution < 1.29 is 17.9 Å². The van der Waals surface area contributed by atoms with Crippen LogP contribution in [-0.2, 0) is 0 Å². The van der Waals surface area contributed by atoms with E-state index in [4.69, 9.17) is 10.5 Å². The molecule has 0 radical (unpaired) electrons. The molecule has 0 saturated heterocycles. The second-order valence-electron chi connectivity index (χ2n) is 4.12. The van der Waals surface area contributed by atoms with Crippen molar-refractivity contribution in [2.75, 3.05) is 18.2 Å². The maximum Gasteiger partial charge on any atom is 0.265 e. The number of benzene rings is 2. The summed E-state index contributed by atoms with van der Waals surface area (Å²) in [5.41, 5.74) is 6.10. The number of alkyl halides is 2. The van der Waals surface area contributed by atoms with Crippen LogP contribution >= 0.6 is 0 Å². The molecule has 2 aromatic rings. The topological polar surface area (TPSA) is 47.3 Å². The molecule has 0 heterocycles. The summed E-state index contributed by atoms with van der Waals surface area (Å²) >= 11 is 0. The summed E-state index contributed by atoms with van der Waals surface area (Å²) in [6, 6.07) is 7.94. The molecule has 2 aromatic carbocycles. The summed E-state index contributed by atoms with van der Waals surface area (Å²) in [6.45, 7) is 0. The van der Waals surface area contributed by atoms with Crippen molar-refractivity contribution in [3.05, 3.63) is 47.8 Å². The molecular formula is C14H13F3N2O. The molecule has 0 aliphatic rings. The average molecular weight is 282 g/mol. The summed E-state index contributed by atoms with van der Waals surface area (Å²) < 4.78 is 44.0. The minimum absolute atomic E-state index is 0.194. The maximum absolute atomic E-state index is 13.1. The van der Waals surface area contributed by atoms with Crippen LogP contribution in [0.5, 0.6) is 5.75 Å². The highest BCUT2D eigenvalue weighted by Gasteiger charge is 2.15. The number of anilines is 3. The van der Waals surface area contributed by atoms with Crippen LogP contribution in [0.15, 0.2) is 36.4 Å². The zero-order valence-electron chi connectivity index (χ0n) is 10.7. The summed E-state index contributed by atoms with van der Waals surface area (Å²) in [5.74, 6) is -0.249. The lowest BCUT2D eigenvalue weighted by atomic mass is 10.1. The van der Waals surface area contributed by atoms with Crippen LogP contribution in [0.1, 0.15) is 12.0 Å². The van der Waals surface area contributed by atoms with Gasteiger partial charge in [0.25, 0.3) is 6.43 Å². The number of rotatable bonds is 4. The van der Waals surface area contributed by atoms with E-state index in [1.807, 2.05) is 0 Å². The number of nitrogens with two attached hydrogens (primary N) is 1. The first-order valence-electron chi connectivity index (χ1n) is 5.79. The van der Waals surface area contributed by atoms with Crippen molar-refractivity contribution in [1.82, 2.24) is 0 Å². The van der Waals surface area contributed by atoms with Crippen molar-refractivity contribution in [3.8, 4) is 5.75 Å². The average Bonchev–Trinajstić information content (AvgIpc) is 2.42. The molecule has 0 bridgehead atoms. The molecule has 20 heavy (non-hydrogen) atoms. The molecule has 0 spiro atoms. The number of hydrogen-bond donors (Lipinski definition) is 2. The van der Waals surface area contributed by atoms with Gasteiger partial charge in [-0.3, -0.25) is 0 Å². The van der Waals surface area contributed by atoms with E-state index in [1.165, 1.54) is 43.5 Å². The third kappa shape index (κ3) is 2.96. The molecule has 0 aromatic heterocycles. The van der Waals surface area contributed by atoms with Gasteiger partial charge in [0.05, 0.1) is 12.8 Å². The molecule has 6 heteroatoms. The van der Waals surface area contributed by atoms with Crippen LogP contribution in [0.3, 0.4) is 0 Å². The van der Waals surface area contributed by atoms with E-state index in [2.05, 4.69) is 5.32 Å². The highest BCUT2D eigenvalue weighted by atomic mass is 19.3. The third-order valence-electron chi connectivity index (χ3n) is 2.74. The van der Waals surface area contributed by atoms with E-state index < -0.39 is 12.2 Å². The first kappa shape index (κ1) is 14.0. The number of ether oxygens (including phenoxy) is 1. The molecule has 2 rings (SSSR count). The van der Waals surface area contributed by atoms with Crippen LogP contribution in [-0.4, -0.2) is 7.11 Å². The zero-order chi connectivity index (χ0) is 14.7. The van der Waals surface area contributed by atoms with Gasteiger partial charge in [0.2, 0.25) is 0 Å². The minimum atomic E-state index is -2.67. The molecular weight excluding hydrogens is 269 g/mol. The summed E-state index contributed by atoms with van der Waals surface area (Å²) in [6.07, 6.45) is -2.67. The lowest BCUT2D eigenvalue weighted by molar-refractivity contribution is 0.152. The minimum Gasteiger partial charge on any atom is -0.494 e. The van der Waals surface area contributed by atoms with Gasteiger partial charge in [-0.25, -0.2) is 13.2 Å². The van der Waals surface area contributed by atoms with E-state index in [9.17, 15) is 13.2 Å². The summed E-state index contributed by atoms with van der Waals surface area (Å²) in [4.78, 5) is 0. The Morgan fingerprint density at radius 1 is 1.10 bits per heavy atom. The van der Waals surface area contributed by atoms with Gasteiger partial charge in [-0.05, 0) is 30.3 Å². The largest absolute Gasteiger partial charge is 0.494 e. The smallest absolute Gasteiger partial charge is 0.265 e. The normalized spacial score (nSPS) is 10.7. The fourth-order valence-corrected chi connectivity index (χ4v) is 1.79. The number of halogens is 3. The van der Waals surface area contributed by atoms with Crippen molar-refractivity contribution in [1.29, 1.82) is 0 Å². The van der Waals surface area contributed by atoms with Gasteiger partial charge in [0, 0.05) is 23.0 Å². The fraction of sp³-hybridized carbons (Fsp3) is 0.143. The van der Waals surface area contributed by atoms with Gasteiger partial charge in [-0.1, -0.05) is 0 Å². The molecule has 3 N–H and O–H groups in total. The lowest BCUT2D eigenvalue weighted by Crippen LogP contribution is -2.00. The standard InChI is InChI=1S/C14H13F3N2O/c1-20-13-6-8(15)2-4-12(13)19-11-5-3-9(18)7-10(11)14(16)17/h2-7,14,19H,18H2,1H3. The summed E-state index contributed by atoms with van der Waals surface area (Å²) in [7, 11) is 1.37. The molecule has 0 aliphatic heterocycles. The Labute approximate surface area is 114 Å². The molecule has 0 aliphatic carbocycles. The van der Waals surface area contributed by atoms with Crippen molar-refractivity contribution in [3.63, 3.8) is 0 Å². The van der Waals surface area contributed by atoms with E-state index in [0.29, 0.717) is 5.69 Å². The predicted octanol–water partition coefficient (Wildman–Crippen LogP) is 4.10. The van der Waals surface area contributed by atoms with Crippen molar-refractivity contribution >= 4 is 17.1 Å². The molecule has 3 nitrogen and oxygen atoms in total. The zero-order valence-corrected chi connectivity index (χ0v) is 10.7. The lowest BCUT2D eigenvalue weighted by Gasteiger charge is -2.15. The quantitative estimate of drug-likeness (QED) is 0.830. The van der Waals surface area contributed by atoms with Gasteiger partial charge in [0.15, 0.2) is 0 Å². The van der Waals surface area contributed by atoms with Crippen LogP contribution in [0.25, 0.3) is 0 Å². The Morgan fingerprint density at radius 2 is 1.80 bits per heavy atom. The Kier molecular flexibility index (Phi) is 4.02. The van der Waals surface area contributed by atoms with Crippen LogP contribution in [0.4, 0.5) is 30.2 Å². The maximum atomic E-state index is 13.1. The number of methoxy groups -OCH3 is 1. The summed E-state index contributed by atoms with van der Waals surface area (Å²) in [5, 5.41) is 2.80. The number of nitrogen functional groups attached to an aromatic ring is 1. The first-order chi connectivity index (χ1) is 9.51. The first-order valence-corrected chi connectivity index (χ1v) is 5.79. The van der Waals surface area contributed by atoms with Gasteiger partial charge < -0.3 is 15.8 Å². The SMILES string of the molecule is COc1cc(F)ccc1Nc1ccc(N)cc1C(F)F. The van der Waals surface area contributed by atoms with Crippen LogP contribution in [0.2, 0.25) is 0 Å². The molecule has 106 valence electrons. The Hall–Kier alpha value is -2.37. The third-order valence-corrected chi connectivity index (χ3v) is 2.74. The second-order valence-corrected chi connectivity index (χ2v) is 4.12. The molecule has 0 amide bonds. The van der Waals surface area contributed by atoms with Gasteiger partial charge in [-0.15, -0.1) is 0 Å². The van der Waals surface area contributed by atoms with E-state index in [1.54, 1.807) is 0 Å². The van der Waals surface area contributed by atoms with Crippen LogP contribution in [0, 0.1) is 5.82 Å². The molecule has 0 saturated carbocycles. The Morgan fingerprint density at radius 3 is 2.45 bits per heavy atom. The Bertz CT molecular complexity index is 617. The van der Waals surface area contributed by atoms with E-state index >= 15 is 0 Å². The second kappa shape index (κ2) is 5.73. The van der Waals surface area contributed by atoms with Gasteiger partial charge in [0.1, 0.15) is 11.6 Å². The Balaban J connectivity index is 2.39. The molecule has 0 fully saturated rings. The fourth-order valence-electron chi connectivity index (χ4n) is 1.79. The van der Waals surface area contributed by atoms with Crippen molar-refractivity contribution in [2.45, 2.75) is 6.43 Å². The van der Waals surface area contributed by atoms with E-state index in [0.717, 1.165) is 0 Å². The number of hydrogen-bond acceptors (Lipinski definition) is 3. The molecule has 0 atom stereocenters. The molecule has 0 unspecified atom stereocenters.